The molecule has 1 amide bonds. The van der Waals surface area contributed by atoms with E-state index in [1.54, 1.807) is 4.90 Å². The third-order valence-electron chi connectivity index (χ3n) is 5.75. The van der Waals surface area contributed by atoms with E-state index in [0.29, 0.717) is 19.4 Å². The van der Waals surface area contributed by atoms with Crippen LogP contribution in [0, 0.1) is 5.41 Å². The van der Waals surface area contributed by atoms with Gasteiger partial charge in [-0.15, -0.1) is 0 Å². The van der Waals surface area contributed by atoms with E-state index in [1.165, 1.54) is 0 Å². The van der Waals surface area contributed by atoms with Crippen molar-refractivity contribution >= 4 is 11.9 Å². The number of aliphatic carboxylic acids is 1. The number of hydrogen-bond donors (Lipinski definition) is 2. The molecule has 1 aliphatic heterocycles. The van der Waals surface area contributed by atoms with Gasteiger partial charge in [-0.1, -0.05) is 67.9 Å². The maximum Gasteiger partial charge on any atom is 0.312 e. The quantitative estimate of drug-likeness (QED) is 0.804. The topological polar surface area (TPSA) is 77.8 Å². The number of aliphatic hydroxyl groups excluding tert-OH is 1. The Morgan fingerprint density at radius 2 is 1.71 bits per heavy atom. The third kappa shape index (κ3) is 4.09. The summed E-state index contributed by atoms with van der Waals surface area (Å²) in [6, 6.07) is 17.9. The Morgan fingerprint density at radius 1 is 1.07 bits per heavy atom. The number of carbonyl (C=O) groups excluding carboxylic acids is 1. The van der Waals surface area contributed by atoms with Crippen LogP contribution in [0.5, 0.6) is 0 Å². The van der Waals surface area contributed by atoms with E-state index in [1.807, 2.05) is 61.5 Å². The Kier molecular flexibility index (Phi) is 6.15. The zero-order valence-electron chi connectivity index (χ0n) is 16.2. The van der Waals surface area contributed by atoms with E-state index in [2.05, 4.69) is 0 Å². The van der Waals surface area contributed by atoms with Crippen molar-refractivity contribution in [2.75, 3.05) is 13.1 Å². The van der Waals surface area contributed by atoms with Crippen LogP contribution in [-0.4, -0.2) is 46.2 Å². The van der Waals surface area contributed by atoms with Gasteiger partial charge in [0.05, 0.1) is 17.9 Å². The van der Waals surface area contributed by atoms with E-state index >= 15 is 0 Å². The van der Waals surface area contributed by atoms with Gasteiger partial charge in [-0.25, -0.2) is 0 Å². The highest BCUT2D eigenvalue weighted by Crippen LogP contribution is 2.37. The van der Waals surface area contributed by atoms with Gasteiger partial charge in [-0.05, 0) is 29.5 Å². The summed E-state index contributed by atoms with van der Waals surface area (Å²) in [6.07, 6.45) is 0.603. The minimum atomic E-state index is -1.14. The first-order valence-corrected chi connectivity index (χ1v) is 9.80. The highest BCUT2D eigenvalue weighted by atomic mass is 16.4. The van der Waals surface area contributed by atoms with E-state index in [0.717, 1.165) is 16.7 Å². The third-order valence-corrected chi connectivity index (χ3v) is 5.75. The molecule has 0 unspecified atom stereocenters. The summed E-state index contributed by atoms with van der Waals surface area (Å²) in [5.74, 6) is -1.05. The van der Waals surface area contributed by atoms with Crippen LogP contribution in [0.2, 0.25) is 0 Å². The zero-order valence-corrected chi connectivity index (χ0v) is 16.2. The fraction of sp³-hybridized carbons (Fsp3) is 0.391. The Morgan fingerprint density at radius 3 is 2.29 bits per heavy atom. The SMILES string of the molecule is CCC[C@]1(C(=O)O)CCN(C(=O)Cc2ccc(-c3ccccc3)cc2)C[C@H]1O. The van der Waals surface area contributed by atoms with Crippen molar-refractivity contribution < 1.29 is 19.8 Å². The lowest BCUT2D eigenvalue weighted by atomic mass is 9.72. The number of rotatable bonds is 6. The van der Waals surface area contributed by atoms with Crippen molar-refractivity contribution in [1.82, 2.24) is 4.90 Å². The molecule has 1 saturated heterocycles. The Balaban J connectivity index is 1.63. The number of carboxylic acids is 1. The molecule has 5 nitrogen and oxygen atoms in total. The monoisotopic (exact) mass is 381 g/mol. The number of β-amino-alcohol motifs (C(OH)–C–C–N with tert-alkyl or cyclic N) is 1. The van der Waals surface area contributed by atoms with Gasteiger partial charge in [0.25, 0.3) is 0 Å². The molecule has 28 heavy (non-hydrogen) atoms. The van der Waals surface area contributed by atoms with Crippen molar-refractivity contribution in [3.05, 3.63) is 60.2 Å². The number of hydrogen-bond acceptors (Lipinski definition) is 3. The summed E-state index contributed by atoms with van der Waals surface area (Å²) < 4.78 is 0. The van der Waals surface area contributed by atoms with Crippen molar-refractivity contribution in [2.24, 2.45) is 5.41 Å². The maximum atomic E-state index is 12.7. The highest BCUT2D eigenvalue weighted by Gasteiger charge is 2.48. The number of nitrogens with zero attached hydrogens (tertiary/aromatic N) is 1. The summed E-state index contributed by atoms with van der Waals surface area (Å²) in [6.45, 7) is 2.35. The van der Waals surface area contributed by atoms with Crippen LogP contribution < -0.4 is 0 Å². The second-order valence-electron chi connectivity index (χ2n) is 7.56. The summed E-state index contributed by atoms with van der Waals surface area (Å²) >= 11 is 0. The molecule has 2 atom stereocenters. The Labute approximate surface area is 165 Å². The van der Waals surface area contributed by atoms with E-state index < -0.39 is 17.5 Å². The molecule has 0 spiro atoms. The molecule has 3 rings (SSSR count). The molecular formula is C23H27NO4. The molecule has 0 saturated carbocycles. The van der Waals surface area contributed by atoms with Gasteiger partial charge < -0.3 is 15.1 Å². The summed E-state index contributed by atoms with van der Waals surface area (Å²) in [5.41, 5.74) is 1.99. The minimum absolute atomic E-state index is 0.0766. The van der Waals surface area contributed by atoms with Crippen LogP contribution >= 0.6 is 0 Å². The van der Waals surface area contributed by atoms with Crippen LogP contribution in [0.4, 0.5) is 0 Å². The lowest BCUT2D eigenvalue weighted by molar-refractivity contribution is -0.167. The zero-order chi connectivity index (χ0) is 20.1. The minimum Gasteiger partial charge on any atom is -0.481 e. The van der Waals surface area contributed by atoms with Crippen LogP contribution in [0.3, 0.4) is 0 Å². The van der Waals surface area contributed by atoms with Crippen LogP contribution in [0.25, 0.3) is 11.1 Å². The normalized spacial score (nSPS) is 22.1. The second-order valence-corrected chi connectivity index (χ2v) is 7.56. The first-order valence-electron chi connectivity index (χ1n) is 9.80. The van der Waals surface area contributed by atoms with Gasteiger partial charge >= 0.3 is 5.97 Å². The van der Waals surface area contributed by atoms with Gasteiger partial charge in [0.15, 0.2) is 0 Å². The first kappa shape index (κ1) is 20.1. The maximum absolute atomic E-state index is 12.7. The van der Waals surface area contributed by atoms with Crippen LogP contribution in [0.15, 0.2) is 54.6 Å². The van der Waals surface area contributed by atoms with Crippen molar-refractivity contribution in [3.63, 3.8) is 0 Å². The fourth-order valence-electron chi connectivity index (χ4n) is 4.03. The van der Waals surface area contributed by atoms with Gasteiger partial charge in [0.2, 0.25) is 5.91 Å². The molecular weight excluding hydrogens is 354 g/mol. The number of carbonyl (C=O) groups is 2. The fourth-order valence-corrected chi connectivity index (χ4v) is 4.03. The lowest BCUT2D eigenvalue weighted by Crippen LogP contribution is -2.56. The molecule has 2 aromatic carbocycles. The number of carboxylic acid groups (broad SMARTS) is 1. The number of benzene rings is 2. The smallest absolute Gasteiger partial charge is 0.312 e. The second kappa shape index (κ2) is 8.57. The van der Waals surface area contributed by atoms with Gasteiger partial charge in [0.1, 0.15) is 0 Å². The van der Waals surface area contributed by atoms with E-state index in [-0.39, 0.29) is 25.3 Å². The molecule has 5 heteroatoms. The molecule has 0 radical (unpaired) electrons. The molecule has 2 N–H and O–H groups in total. The lowest BCUT2D eigenvalue weighted by Gasteiger charge is -2.42. The van der Waals surface area contributed by atoms with Gasteiger partial charge in [0, 0.05) is 13.1 Å². The molecule has 1 fully saturated rings. The summed E-state index contributed by atoms with van der Waals surface area (Å²) in [7, 11) is 0. The molecule has 0 bridgehead atoms. The number of amides is 1. The van der Waals surface area contributed by atoms with Crippen molar-refractivity contribution in [3.8, 4) is 11.1 Å². The number of aliphatic hydroxyl groups is 1. The van der Waals surface area contributed by atoms with Crippen molar-refractivity contribution in [1.29, 1.82) is 0 Å². The molecule has 1 heterocycles. The standard InChI is InChI=1S/C23H27NO4/c1-2-12-23(22(27)28)13-14-24(16-20(23)25)21(26)15-17-8-10-19(11-9-17)18-6-4-3-5-7-18/h3-11,20,25H,2,12-16H2,1H3,(H,27,28)/t20-,23+/m1/s1. The van der Waals surface area contributed by atoms with E-state index in [4.69, 9.17) is 0 Å². The summed E-state index contributed by atoms with van der Waals surface area (Å²) in [5, 5.41) is 20.1. The van der Waals surface area contributed by atoms with Crippen LogP contribution in [-0.2, 0) is 16.0 Å². The van der Waals surface area contributed by atoms with Crippen LogP contribution in [0.1, 0.15) is 31.7 Å². The molecule has 1 aliphatic rings. The molecule has 2 aromatic rings. The average Bonchev–Trinajstić information content (AvgIpc) is 2.70. The van der Waals surface area contributed by atoms with Crippen molar-refractivity contribution in [2.45, 2.75) is 38.7 Å². The largest absolute Gasteiger partial charge is 0.481 e. The molecule has 0 aliphatic carbocycles. The molecule has 148 valence electrons. The predicted molar refractivity (Wildman–Crippen MR) is 108 cm³/mol. The Bertz CT molecular complexity index is 818. The predicted octanol–water partition coefficient (Wildman–Crippen LogP) is 3.36. The van der Waals surface area contributed by atoms with Gasteiger partial charge in [-0.3, -0.25) is 9.59 Å². The Hall–Kier alpha value is -2.66. The highest BCUT2D eigenvalue weighted by molar-refractivity contribution is 5.80. The van der Waals surface area contributed by atoms with E-state index in [9.17, 15) is 19.8 Å². The summed E-state index contributed by atoms with van der Waals surface area (Å²) in [4.78, 5) is 26.0. The molecule has 0 aromatic heterocycles. The van der Waals surface area contributed by atoms with Gasteiger partial charge in [-0.2, -0.15) is 0 Å². The number of likely N-dealkylation sites (tertiary alicyclic amines) is 1. The number of piperidine rings is 1. The first-order chi connectivity index (χ1) is 13.5. The average molecular weight is 381 g/mol.